The van der Waals surface area contributed by atoms with Crippen LogP contribution in [0.15, 0.2) is 72.8 Å². The molecule has 0 fully saturated rings. The van der Waals surface area contributed by atoms with Crippen LogP contribution in [0.3, 0.4) is 0 Å². The van der Waals surface area contributed by atoms with Gasteiger partial charge in [-0.05, 0) is 54.8 Å². The minimum Gasteiger partial charge on any atom is -0.427 e. The molecule has 0 saturated heterocycles. The molecule has 6 heteroatoms. The van der Waals surface area contributed by atoms with Gasteiger partial charge in [-0.3, -0.25) is 14.4 Å². The minimum atomic E-state index is -0.440. The van der Waals surface area contributed by atoms with E-state index in [0.717, 1.165) is 11.1 Å². The van der Waals surface area contributed by atoms with E-state index in [-0.39, 0.29) is 11.8 Å². The normalized spacial score (nSPS) is 10.3. The monoisotopic (exact) mass is 430 g/mol. The molecule has 32 heavy (non-hydrogen) atoms. The van der Waals surface area contributed by atoms with E-state index in [1.54, 1.807) is 18.2 Å². The maximum Gasteiger partial charge on any atom is 0.308 e. The topological polar surface area (TPSA) is 84.5 Å². The van der Waals surface area contributed by atoms with Crippen molar-refractivity contribution in [3.05, 3.63) is 95.1 Å². The molecule has 0 aromatic heterocycles. The molecule has 164 valence electrons. The highest BCUT2D eigenvalue weighted by Gasteiger charge is 2.08. The smallest absolute Gasteiger partial charge is 0.308 e. The molecule has 0 heterocycles. The Morgan fingerprint density at radius 2 is 1.56 bits per heavy atom. The average Bonchev–Trinajstić information content (AvgIpc) is 2.78. The molecule has 0 atom stereocenters. The highest BCUT2D eigenvalue weighted by Crippen LogP contribution is 2.15. The summed E-state index contributed by atoms with van der Waals surface area (Å²) in [7, 11) is 0. The second-order valence-electron chi connectivity index (χ2n) is 7.53. The first-order valence-corrected chi connectivity index (χ1v) is 10.4. The Labute approximate surface area is 187 Å². The number of carbonyl (C=O) groups excluding carboxylic acids is 3. The molecule has 2 N–H and O–H groups in total. The number of hydrogen-bond donors (Lipinski definition) is 2. The molecule has 0 saturated carbocycles. The number of hydrogen-bond acceptors (Lipinski definition) is 4. The van der Waals surface area contributed by atoms with Crippen molar-refractivity contribution >= 4 is 23.5 Å². The van der Waals surface area contributed by atoms with Crippen molar-refractivity contribution in [2.24, 2.45) is 0 Å². The summed E-state index contributed by atoms with van der Waals surface area (Å²) >= 11 is 0. The third-order valence-electron chi connectivity index (χ3n) is 4.81. The molecule has 0 aliphatic heterocycles. The quantitative estimate of drug-likeness (QED) is 0.409. The number of benzene rings is 3. The predicted octanol–water partition coefficient (Wildman–Crippen LogP) is 4.42. The number of rotatable bonds is 8. The molecule has 0 aliphatic carbocycles. The van der Waals surface area contributed by atoms with Crippen LogP contribution < -0.4 is 15.4 Å². The molecule has 0 spiro atoms. The molecule has 2 amide bonds. The number of nitrogens with one attached hydrogen (secondary N) is 2. The fourth-order valence-corrected chi connectivity index (χ4v) is 3.09. The van der Waals surface area contributed by atoms with Crippen LogP contribution in [0.4, 0.5) is 5.69 Å². The lowest BCUT2D eigenvalue weighted by atomic mass is 10.1. The van der Waals surface area contributed by atoms with Crippen LogP contribution in [0.25, 0.3) is 0 Å². The summed E-state index contributed by atoms with van der Waals surface area (Å²) in [4.78, 5) is 35.6. The Kier molecular flexibility index (Phi) is 7.75. The standard InChI is InChI=1S/C26H26N2O4/c1-18-6-8-20(9-7-18)12-15-25(30)28-23-13-10-21(11-14-23)17-27-26(31)22-4-3-5-24(16-22)32-19(2)29/h3-11,13-14,16H,12,15,17H2,1-2H3,(H,27,31)(H,28,30). The number of anilines is 1. The van der Waals surface area contributed by atoms with Crippen molar-refractivity contribution in [3.63, 3.8) is 0 Å². The van der Waals surface area contributed by atoms with Crippen LogP contribution in [0.2, 0.25) is 0 Å². The van der Waals surface area contributed by atoms with Crippen molar-refractivity contribution < 1.29 is 19.1 Å². The van der Waals surface area contributed by atoms with Gasteiger partial charge in [0.05, 0.1) is 0 Å². The van der Waals surface area contributed by atoms with Gasteiger partial charge in [0.25, 0.3) is 5.91 Å². The first-order valence-electron chi connectivity index (χ1n) is 10.4. The van der Waals surface area contributed by atoms with E-state index in [2.05, 4.69) is 10.6 Å². The molecule has 3 aromatic carbocycles. The summed E-state index contributed by atoms with van der Waals surface area (Å²) in [5, 5.41) is 5.73. The zero-order chi connectivity index (χ0) is 22.9. The van der Waals surface area contributed by atoms with Gasteiger partial charge in [-0.15, -0.1) is 0 Å². The summed E-state index contributed by atoms with van der Waals surface area (Å²) in [6.07, 6.45) is 1.10. The van der Waals surface area contributed by atoms with Gasteiger partial charge in [0, 0.05) is 31.1 Å². The van der Waals surface area contributed by atoms with Crippen LogP contribution in [-0.4, -0.2) is 17.8 Å². The molecule has 0 aliphatic rings. The van der Waals surface area contributed by atoms with Crippen LogP contribution in [0.5, 0.6) is 5.75 Å². The number of carbonyl (C=O) groups is 3. The van der Waals surface area contributed by atoms with E-state index in [0.29, 0.717) is 36.4 Å². The Morgan fingerprint density at radius 3 is 2.25 bits per heavy atom. The van der Waals surface area contributed by atoms with E-state index in [4.69, 9.17) is 4.74 Å². The highest BCUT2D eigenvalue weighted by atomic mass is 16.5. The van der Waals surface area contributed by atoms with Gasteiger partial charge >= 0.3 is 5.97 Å². The molecular formula is C26H26N2O4. The maximum absolute atomic E-state index is 12.4. The summed E-state index contributed by atoms with van der Waals surface area (Å²) in [6.45, 7) is 3.68. The third kappa shape index (κ3) is 7.09. The molecule has 0 radical (unpaired) electrons. The number of amides is 2. The Morgan fingerprint density at radius 1 is 0.875 bits per heavy atom. The first kappa shape index (κ1) is 22.7. The van der Waals surface area contributed by atoms with Gasteiger partial charge in [0.1, 0.15) is 5.75 Å². The van der Waals surface area contributed by atoms with E-state index in [1.165, 1.54) is 18.6 Å². The van der Waals surface area contributed by atoms with E-state index >= 15 is 0 Å². The number of ether oxygens (including phenoxy) is 1. The minimum absolute atomic E-state index is 0.0423. The largest absolute Gasteiger partial charge is 0.427 e. The van der Waals surface area contributed by atoms with Gasteiger partial charge in [0.15, 0.2) is 0 Å². The van der Waals surface area contributed by atoms with Crippen LogP contribution in [0, 0.1) is 6.92 Å². The first-order chi connectivity index (χ1) is 15.4. The van der Waals surface area contributed by atoms with E-state index < -0.39 is 5.97 Å². The maximum atomic E-state index is 12.4. The number of aryl methyl sites for hydroxylation is 2. The third-order valence-corrected chi connectivity index (χ3v) is 4.81. The zero-order valence-electron chi connectivity index (χ0n) is 18.2. The zero-order valence-corrected chi connectivity index (χ0v) is 18.2. The predicted molar refractivity (Wildman–Crippen MR) is 123 cm³/mol. The molecule has 0 bridgehead atoms. The lowest BCUT2D eigenvalue weighted by Gasteiger charge is -2.09. The van der Waals surface area contributed by atoms with Gasteiger partial charge in [-0.2, -0.15) is 0 Å². The Bertz CT molecular complexity index is 1090. The summed E-state index contributed by atoms with van der Waals surface area (Å²) < 4.78 is 5.01. The van der Waals surface area contributed by atoms with Crippen molar-refractivity contribution in [1.29, 1.82) is 0 Å². The molecule has 0 unspecified atom stereocenters. The summed E-state index contributed by atoms with van der Waals surface area (Å²) in [6, 6.07) is 21.9. The van der Waals surface area contributed by atoms with Crippen LogP contribution in [-0.2, 0) is 22.6 Å². The molecular weight excluding hydrogens is 404 g/mol. The fourth-order valence-electron chi connectivity index (χ4n) is 3.09. The number of esters is 1. The fraction of sp³-hybridized carbons (Fsp3) is 0.192. The van der Waals surface area contributed by atoms with Gasteiger partial charge < -0.3 is 15.4 Å². The molecule has 3 aromatic rings. The average molecular weight is 431 g/mol. The van der Waals surface area contributed by atoms with Crippen molar-refractivity contribution in [2.45, 2.75) is 33.2 Å². The van der Waals surface area contributed by atoms with Crippen LogP contribution >= 0.6 is 0 Å². The second kappa shape index (κ2) is 10.9. The van der Waals surface area contributed by atoms with Crippen molar-refractivity contribution in [3.8, 4) is 5.75 Å². The second-order valence-corrected chi connectivity index (χ2v) is 7.53. The van der Waals surface area contributed by atoms with Crippen LogP contribution in [0.1, 0.15) is 40.4 Å². The SMILES string of the molecule is CC(=O)Oc1cccc(C(=O)NCc2ccc(NC(=O)CCc3ccc(C)cc3)cc2)c1. The van der Waals surface area contributed by atoms with E-state index in [9.17, 15) is 14.4 Å². The molecule has 6 nitrogen and oxygen atoms in total. The summed E-state index contributed by atoms with van der Waals surface area (Å²) in [5.41, 5.74) is 4.34. The molecule has 3 rings (SSSR count). The van der Waals surface area contributed by atoms with Crippen molar-refractivity contribution in [1.82, 2.24) is 5.32 Å². The summed E-state index contributed by atoms with van der Waals surface area (Å²) in [5.74, 6) is -0.427. The van der Waals surface area contributed by atoms with Gasteiger partial charge in [0.2, 0.25) is 5.91 Å². The van der Waals surface area contributed by atoms with Gasteiger partial charge in [-0.25, -0.2) is 0 Å². The van der Waals surface area contributed by atoms with Crippen molar-refractivity contribution in [2.75, 3.05) is 5.32 Å². The highest BCUT2D eigenvalue weighted by molar-refractivity contribution is 5.94. The Balaban J connectivity index is 1.47. The Hall–Kier alpha value is -3.93. The lowest BCUT2D eigenvalue weighted by molar-refractivity contribution is -0.131. The lowest BCUT2D eigenvalue weighted by Crippen LogP contribution is -2.22. The van der Waals surface area contributed by atoms with Gasteiger partial charge in [-0.1, -0.05) is 48.0 Å². The van der Waals surface area contributed by atoms with E-state index in [1.807, 2.05) is 55.5 Å².